The third-order valence-corrected chi connectivity index (χ3v) is 3.14. The Bertz CT molecular complexity index is 657. The minimum Gasteiger partial charge on any atom is -0.475 e. The molecular weight excluding hydrogens is 288 g/mol. The molecule has 0 saturated heterocycles. The van der Waals surface area contributed by atoms with Crippen molar-refractivity contribution in [3.8, 4) is 0 Å². The molecule has 0 bridgehead atoms. The second-order valence-electron chi connectivity index (χ2n) is 3.51. The third-order valence-electron chi connectivity index (χ3n) is 2.51. The first-order valence-electron chi connectivity index (χ1n) is 5.03. The summed E-state index contributed by atoms with van der Waals surface area (Å²) in [5, 5.41) is 9.41. The van der Waals surface area contributed by atoms with E-state index >= 15 is 0 Å². The minimum atomic E-state index is -1.23. The standard InChI is InChI=1S/C12H9BrO4/c1-2-6-9(14)7-4-3-5-8(13)10(7)17-11(6)12(15)16/h3-5H,2H2,1H3,(H,15,16). The van der Waals surface area contributed by atoms with Crippen LogP contribution in [0, 0.1) is 0 Å². The van der Waals surface area contributed by atoms with Crippen LogP contribution in [0.2, 0.25) is 0 Å². The van der Waals surface area contributed by atoms with E-state index in [-0.39, 0.29) is 22.3 Å². The molecular formula is C12H9BrO4. The van der Waals surface area contributed by atoms with Gasteiger partial charge in [0.05, 0.1) is 15.4 Å². The summed E-state index contributed by atoms with van der Waals surface area (Å²) in [5.41, 5.74) is 0.183. The molecule has 4 nitrogen and oxygen atoms in total. The Balaban J connectivity index is 2.98. The lowest BCUT2D eigenvalue weighted by Crippen LogP contribution is -2.15. The van der Waals surface area contributed by atoms with E-state index in [1.807, 2.05) is 0 Å². The molecule has 0 aliphatic rings. The van der Waals surface area contributed by atoms with Gasteiger partial charge in [-0.25, -0.2) is 4.79 Å². The molecule has 1 N–H and O–H groups in total. The summed E-state index contributed by atoms with van der Waals surface area (Å²) in [7, 11) is 0. The van der Waals surface area contributed by atoms with Gasteiger partial charge in [0, 0.05) is 0 Å². The largest absolute Gasteiger partial charge is 0.475 e. The summed E-state index contributed by atoms with van der Waals surface area (Å²) < 4.78 is 5.88. The molecule has 0 radical (unpaired) electrons. The van der Waals surface area contributed by atoms with Crippen LogP contribution in [0.3, 0.4) is 0 Å². The number of halogens is 1. The van der Waals surface area contributed by atoms with E-state index in [1.165, 1.54) is 0 Å². The van der Waals surface area contributed by atoms with Crippen molar-refractivity contribution in [1.29, 1.82) is 0 Å². The van der Waals surface area contributed by atoms with E-state index in [4.69, 9.17) is 9.52 Å². The van der Waals surface area contributed by atoms with E-state index in [0.29, 0.717) is 16.3 Å². The van der Waals surface area contributed by atoms with E-state index in [1.54, 1.807) is 25.1 Å². The maximum absolute atomic E-state index is 12.1. The third kappa shape index (κ3) is 1.86. The number of carboxylic acids is 1. The van der Waals surface area contributed by atoms with Gasteiger partial charge in [-0.05, 0) is 34.5 Å². The molecule has 2 aromatic rings. The van der Waals surface area contributed by atoms with Crippen molar-refractivity contribution in [3.63, 3.8) is 0 Å². The van der Waals surface area contributed by atoms with Crippen LogP contribution in [0.5, 0.6) is 0 Å². The number of hydrogen-bond donors (Lipinski definition) is 1. The molecule has 88 valence electrons. The highest BCUT2D eigenvalue weighted by Gasteiger charge is 2.19. The van der Waals surface area contributed by atoms with Gasteiger partial charge in [0.15, 0.2) is 11.0 Å². The van der Waals surface area contributed by atoms with Gasteiger partial charge in [-0.2, -0.15) is 0 Å². The molecule has 1 aromatic heterocycles. The SMILES string of the molecule is CCc1c(C(=O)O)oc2c(Br)cccc2c1=O. The van der Waals surface area contributed by atoms with Crippen LogP contribution in [0.4, 0.5) is 0 Å². The molecule has 0 amide bonds. The van der Waals surface area contributed by atoms with Gasteiger partial charge in [0.2, 0.25) is 5.76 Å². The van der Waals surface area contributed by atoms with Gasteiger partial charge in [0.25, 0.3) is 0 Å². The average molecular weight is 297 g/mol. The van der Waals surface area contributed by atoms with E-state index in [2.05, 4.69) is 15.9 Å². The van der Waals surface area contributed by atoms with Crippen LogP contribution in [-0.4, -0.2) is 11.1 Å². The second-order valence-corrected chi connectivity index (χ2v) is 4.37. The van der Waals surface area contributed by atoms with Crippen molar-refractivity contribution in [2.75, 3.05) is 0 Å². The lowest BCUT2D eigenvalue weighted by Gasteiger charge is -2.05. The molecule has 0 aliphatic heterocycles. The predicted molar refractivity (Wildman–Crippen MR) is 66.5 cm³/mol. The van der Waals surface area contributed by atoms with Crippen molar-refractivity contribution >= 4 is 32.9 Å². The summed E-state index contributed by atoms with van der Waals surface area (Å²) in [4.78, 5) is 23.1. The molecule has 0 saturated carbocycles. The molecule has 0 atom stereocenters. The number of fused-ring (bicyclic) bond motifs is 1. The van der Waals surface area contributed by atoms with E-state index in [9.17, 15) is 9.59 Å². The van der Waals surface area contributed by atoms with Crippen molar-refractivity contribution < 1.29 is 14.3 Å². The van der Waals surface area contributed by atoms with Crippen molar-refractivity contribution in [2.45, 2.75) is 13.3 Å². The Kier molecular flexibility index (Phi) is 3.02. The van der Waals surface area contributed by atoms with E-state index in [0.717, 1.165) is 0 Å². The second kappa shape index (κ2) is 4.33. The van der Waals surface area contributed by atoms with Gasteiger partial charge < -0.3 is 9.52 Å². The van der Waals surface area contributed by atoms with Crippen LogP contribution in [0.25, 0.3) is 11.0 Å². The van der Waals surface area contributed by atoms with Crippen LogP contribution in [0.1, 0.15) is 23.0 Å². The highest BCUT2D eigenvalue weighted by molar-refractivity contribution is 9.10. The number of rotatable bonds is 2. The summed E-state index contributed by atoms with van der Waals surface area (Å²) >= 11 is 3.24. The zero-order chi connectivity index (χ0) is 12.6. The number of benzene rings is 1. The number of carbonyl (C=O) groups is 1. The van der Waals surface area contributed by atoms with Crippen molar-refractivity contribution in [3.05, 3.63) is 44.2 Å². The maximum atomic E-state index is 12.1. The van der Waals surface area contributed by atoms with Gasteiger partial charge >= 0.3 is 5.97 Å². The Morgan fingerprint density at radius 1 is 1.47 bits per heavy atom. The first-order valence-corrected chi connectivity index (χ1v) is 5.83. The molecule has 17 heavy (non-hydrogen) atoms. The molecule has 0 aliphatic carbocycles. The Labute approximate surface area is 105 Å². The highest BCUT2D eigenvalue weighted by Crippen LogP contribution is 2.24. The summed E-state index contributed by atoms with van der Waals surface area (Å²) in [6, 6.07) is 5.03. The summed E-state index contributed by atoms with van der Waals surface area (Å²) in [6.07, 6.45) is 0.326. The van der Waals surface area contributed by atoms with Crippen LogP contribution < -0.4 is 5.43 Å². The smallest absolute Gasteiger partial charge is 0.372 e. The normalized spacial score (nSPS) is 10.7. The summed E-state index contributed by atoms with van der Waals surface area (Å²) in [6.45, 7) is 1.72. The first-order chi connectivity index (χ1) is 8.06. The van der Waals surface area contributed by atoms with E-state index < -0.39 is 5.97 Å². The molecule has 0 fully saturated rings. The number of aromatic carboxylic acids is 1. The number of carboxylic acid groups (broad SMARTS) is 1. The Hall–Kier alpha value is -1.62. The number of para-hydroxylation sites is 1. The van der Waals surface area contributed by atoms with Crippen LogP contribution in [0.15, 0.2) is 31.9 Å². The van der Waals surface area contributed by atoms with Gasteiger partial charge in [-0.15, -0.1) is 0 Å². The zero-order valence-electron chi connectivity index (χ0n) is 8.99. The topological polar surface area (TPSA) is 67.5 Å². The molecule has 1 aromatic carbocycles. The molecule has 0 spiro atoms. The van der Waals surface area contributed by atoms with Crippen LogP contribution in [-0.2, 0) is 6.42 Å². The van der Waals surface area contributed by atoms with Gasteiger partial charge in [-0.3, -0.25) is 4.79 Å². The van der Waals surface area contributed by atoms with Crippen LogP contribution >= 0.6 is 15.9 Å². The fourth-order valence-corrected chi connectivity index (χ4v) is 2.16. The van der Waals surface area contributed by atoms with Crippen molar-refractivity contribution in [2.24, 2.45) is 0 Å². The maximum Gasteiger partial charge on any atom is 0.372 e. The monoisotopic (exact) mass is 296 g/mol. The Morgan fingerprint density at radius 2 is 2.18 bits per heavy atom. The average Bonchev–Trinajstić information content (AvgIpc) is 2.30. The molecule has 0 unspecified atom stereocenters. The number of hydrogen-bond acceptors (Lipinski definition) is 3. The quantitative estimate of drug-likeness (QED) is 0.925. The van der Waals surface area contributed by atoms with Gasteiger partial charge in [-0.1, -0.05) is 13.0 Å². The summed E-state index contributed by atoms with van der Waals surface area (Å²) in [5.74, 6) is -1.51. The lowest BCUT2D eigenvalue weighted by atomic mass is 10.1. The zero-order valence-corrected chi connectivity index (χ0v) is 10.6. The predicted octanol–water partition coefficient (Wildman–Crippen LogP) is 2.82. The highest BCUT2D eigenvalue weighted by atomic mass is 79.9. The first kappa shape index (κ1) is 11.9. The minimum absolute atomic E-state index is 0.197. The van der Waals surface area contributed by atoms with Gasteiger partial charge in [0.1, 0.15) is 0 Å². The fraction of sp³-hybridized carbons (Fsp3) is 0.167. The Morgan fingerprint density at radius 3 is 2.76 bits per heavy atom. The molecule has 1 heterocycles. The lowest BCUT2D eigenvalue weighted by molar-refractivity contribution is 0.0661. The van der Waals surface area contributed by atoms with Crippen molar-refractivity contribution in [1.82, 2.24) is 0 Å². The fourth-order valence-electron chi connectivity index (χ4n) is 1.71. The molecule has 5 heteroatoms. The molecule has 2 rings (SSSR count).